The number of piperidine rings is 1. The van der Waals surface area contributed by atoms with Crippen LogP contribution >= 0.6 is 11.6 Å². The number of aryl methyl sites for hydroxylation is 1. The second-order valence-electron chi connectivity index (χ2n) is 5.53. The third kappa shape index (κ3) is 2.78. The summed E-state index contributed by atoms with van der Waals surface area (Å²) in [5.74, 6) is 0. The lowest BCUT2D eigenvalue weighted by Gasteiger charge is -2.32. The Morgan fingerprint density at radius 1 is 1.27 bits per heavy atom. The first-order valence-corrected chi connectivity index (χ1v) is 9.04. The van der Waals surface area contributed by atoms with Crippen molar-refractivity contribution in [2.24, 2.45) is 0 Å². The molecule has 3 rings (SSSR count). The summed E-state index contributed by atoms with van der Waals surface area (Å²) in [6.07, 6.45) is 7.01. The van der Waals surface area contributed by atoms with Crippen LogP contribution in [0.1, 0.15) is 24.4 Å². The highest BCUT2D eigenvalue weighted by molar-refractivity contribution is 7.89. The molecule has 1 aliphatic rings. The predicted octanol–water partition coefficient (Wildman–Crippen LogP) is 2.87. The van der Waals surface area contributed by atoms with Crippen LogP contribution in [0.15, 0.2) is 41.8 Å². The lowest BCUT2D eigenvalue weighted by molar-refractivity contribution is 0.273. The molecule has 0 unspecified atom stereocenters. The number of benzene rings is 1. The molecule has 1 aliphatic heterocycles. The number of rotatable bonds is 3. The van der Waals surface area contributed by atoms with E-state index in [9.17, 15) is 8.42 Å². The zero-order valence-corrected chi connectivity index (χ0v) is 13.9. The van der Waals surface area contributed by atoms with Crippen LogP contribution in [0.2, 0.25) is 5.02 Å². The molecule has 1 aromatic carbocycles. The van der Waals surface area contributed by atoms with E-state index in [1.54, 1.807) is 37.6 Å². The predicted molar refractivity (Wildman–Crippen MR) is 85.4 cm³/mol. The van der Waals surface area contributed by atoms with Crippen molar-refractivity contribution in [3.8, 4) is 0 Å². The molecule has 0 saturated carbocycles. The second-order valence-corrected chi connectivity index (χ2v) is 7.81. The first-order chi connectivity index (χ1) is 10.5. The Hall–Kier alpha value is -1.37. The van der Waals surface area contributed by atoms with Crippen LogP contribution in [0.5, 0.6) is 0 Å². The molecule has 0 atom stereocenters. The molecule has 2 aromatic rings. The Morgan fingerprint density at radius 3 is 2.59 bits per heavy atom. The molecular weight excluding hydrogens is 322 g/mol. The minimum Gasteiger partial charge on any atom is -0.334 e. The average Bonchev–Trinajstić information content (AvgIpc) is 3.01. The molecule has 0 N–H and O–H groups in total. The molecule has 0 radical (unpaired) electrons. The van der Waals surface area contributed by atoms with Crippen molar-refractivity contribution in [2.75, 3.05) is 13.1 Å². The molecule has 0 aliphatic carbocycles. The summed E-state index contributed by atoms with van der Waals surface area (Å²) in [4.78, 5) is 4.28. The van der Waals surface area contributed by atoms with Gasteiger partial charge >= 0.3 is 0 Å². The Kier molecular flexibility index (Phi) is 4.25. The first kappa shape index (κ1) is 15.5. The van der Waals surface area contributed by atoms with Gasteiger partial charge in [0.25, 0.3) is 0 Å². The standard InChI is InChI=1S/C15H18ClN3O2S/c1-12-3-2-4-14(16)15(12)22(20,21)19-8-5-13(6-9-19)18-10-7-17-11-18/h2-4,7,10-11,13H,5-6,8-9H2,1H3. The molecule has 1 saturated heterocycles. The molecule has 7 heteroatoms. The average molecular weight is 340 g/mol. The quantitative estimate of drug-likeness (QED) is 0.864. The van der Waals surface area contributed by atoms with E-state index in [0.717, 1.165) is 12.8 Å². The molecule has 118 valence electrons. The van der Waals surface area contributed by atoms with Crippen LogP contribution in [-0.2, 0) is 10.0 Å². The summed E-state index contributed by atoms with van der Waals surface area (Å²) in [6.45, 7) is 2.77. The maximum absolute atomic E-state index is 12.8. The lowest BCUT2D eigenvalue weighted by Crippen LogP contribution is -2.39. The Bertz CT molecular complexity index is 731. The molecule has 5 nitrogen and oxygen atoms in total. The van der Waals surface area contributed by atoms with Gasteiger partial charge in [0.1, 0.15) is 4.90 Å². The number of aromatic nitrogens is 2. The van der Waals surface area contributed by atoms with Gasteiger partial charge in [-0.15, -0.1) is 0 Å². The minimum absolute atomic E-state index is 0.234. The fraction of sp³-hybridized carbons (Fsp3) is 0.400. The highest BCUT2D eigenvalue weighted by atomic mass is 35.5. The molecule has 0 amide bonds. The maximum atomic E-state index is 12.8. The second kappa shape index (κ2) is 6.02. The van der Waals surface area contributed by atoms with Gasteiger partial charge in [0.2, 0.25) is 10.0 Å². The molecule has 1 aromatic heterocycles. The summed E-state index contributed by atoms with van der Waals surface area (Å²) >= 11 is 6.12. The topological polar surface area (TPSA) is 55.2 Å². The van der Waals surface area contributed by atoms with Crippen LogP contribution in [0.25, 0.3) is 0 Å². The van der Waals surface area contributed by atoms with E-state index in [1.807, 2.05) is 10.8 Å². The number of halogens is 1. The molecule has 0 bridgehead atoms. The molecular formula is C15H18ClN3O2S. The Balaban J connectivity index is 1.81. The molecule has 22 heavy (non-hydrogen) atoms. The van der Waals surface area contributed by atoms with Gasteiger partial charge < -0.3 is 4.57 Å². The normalized spacial score (nSPS) is 17.7. The van der Waals surface area contributed by atoms with Gasteiger partial charge in [-0.25, -0.2) is 13.4 Å². The summed E-state index contributed by atoms with van der Waals surface area (Å²) < 4.78 is 29.3. The number of sulfonamides is 1. The zero-order valence-electron chi connectivity index (χ0n) is 12.3. The summed E-state index contributed by atoms with van der Waals surface area (Å²) in [6, 6.07) is 5.47. The van der Waals surface area contributed by atoms with E-state index in [2.05, 4.69) is 4.98 Å². The van der Waals surface area contributed by atoms with Gasteiger partial charge in [-0.1, -0.05) is 23.7 Å². The fourth-order valence-corrected chi connectivity index (χ4v) is 5.19. The highest BCUT2D eigenvalue weighted by Crippen LogP contribution is 2.31. The van der Waals surface area contributed by atoms with E-state index in [-0.39, 0.29) is 9.92 Å². The van der Waals surface area contributed by atoms with Gasteiger partial charge in [0, 0.05) is 31.5 Å². The number of hydrogen-bond donors (Lipinski definition) is 0. The van der Waals surface area contributed by atoms with Crippen molar-refractivity contribution in [3.63, 3.8) is 0 Å². The first-order valence-electron chi connectivity index (χ1n) is 7.23. The van der Waals surface area contributed by atoms with E-state index in [1.165, 1.54) is 4.31 Å². The summed E-state index contributed by atoms with van der Waals surface area (Å²) in [5, 5.41) is 0.289. The third-order valence-electron chi connectivity index (χ3n) is 4.13. The Labute approximate surface area is 135 Å². The third-order valence-corrected chi connectivity index (χ3v) is 6.66. The maximum Gasteiger partial charge on any atom is 0.244 e. The SMILES string of the molecule is Cc1cccc(Cl)c1S(=O)(=O)N1CCC(n2ccnc2)CC1. The van der Waals surface area contributed by atoms with Crippen LogP contribution in [0.4, 0.5) is 0 Å². The Morgan fingerprint density at radius 2 is 2.00 bits per heavy atom. The van der Waals surface area contributed by atoms with Crippen molar-refractivity contribution in [1.82, 2.24) is 13.9 Å². The van der Waals surface area contributed by atoms with Gasteiger partial charge in [-0.05, 0) is 31.4 Å². The molecule has 1 fully saturated rings. The van der Waals surface area contributed by atoms with E-state index >= 15 is 0 Å². The van der Waals surface area contributed by atoms with E-state index in [0.29, 0.717) is 24.7 Å². The number of hydrogen-bond acceptors (Lipinski definition) is 3. The van der Waals surface area contributed by atoms with Gasteiger partial charge in [0.05, 0.1) is 11.3 Å². The number of nitrogens with zero attached hydrogens (tertiary/aromatic N) is 3. The van der Waals surface area contributed by atoms with Crippen molar-refractivity contribution >= 4 is 21.6 Å². The lowest BCUT2D eigenvalue weighted by atomic mass is 10.1. The van der Waals surface area contributed by atoms with E-state index < -0.39 is 10.0 Å². The fourth-order valence-electron chi connectivity index (χ4n) is 2.94. The van der Waals surface area contributed by atoms with Crippen LogP contribution in [0.3, 0.4) is 0 Å². The van der Waals surface area contributed by atoms with Crippen LogP contribution in [-0.4, -0.2) is 35.4 Å². The summed E-state index contributed by atoms with van der Waals surface area (Å²) in [5.41, 5.74) is 0.684. The minimum atomic E-state index is -3.54. The number of imidazole rings is 1. The zero-order chi connectivity index (χ0) is 15.7. The molecule has 0 spiro atoms. The van der Waals surface area contributed by atoms with Crippen molar-refractivity contribution < 1.29 is 8.42 Å². The monoisotopic (exact) mass is 339 g/mol. The van der Waals surface area contributed by atoms with Crippen molar-refractivity contribution in [2.45, 2.75) is 30.7 Å². The van der Waals surface area contributed by atoms with Gasteiger partial charge in [-0.2, -0.15) is 4.31 Å². The smallest absolute Gasteiger partial charge is 0.244 e. The van der Waals surface area contributed by atoms with Crippen molar-refractivity contribution in [3.05, 3.63) is 47.5 Å². The largest absolute Gasteiger partial charge is 0.334 e. The van der Waals surface area contributed by atoms with Crippen LogP contribution < -0.4 is 0 Å². The van der Waals surface area contributed by atoms with E-state index in [4.69, 9.17) is 11.6 Å². The molecule has 2 heterocycles. The van der Waals surface area contributed by atoms with Gasteiger partial charge in [0.15, 0.2) is 0 Å². The van der Waals surface area contributed by atoms with Gasteiger partial charge in [-0.3, -0.25) is 0 Å². The van der Waals surface area contributed by atoms with Crippen molar-refractivity contribution in [1.29, 1.82) is 0 Å². The summed E-state index contributed by atoms with van der Waals surface area (Å²) in [7, 11) is -3.54. The highest BCUT2D eigenvalue weighted by Gasteiger charge is 2.32. The van der Waals surface area contributed by atoms with Crippen LogP contribution in [0, 0.1) is 6.92 Å².